The van der Waals surface area contributed by atoms with Gasteiger partial charge in [-0.1, -0.05) is 0 Å². The van der Waals surface area contributed by atoms with Crippen LogP contribution in [0.15, 0.2) is 36.9 Å². The molecular weight excluding hydrogens is 276 g/mol. The fourth-order valence-corrected chi connectivity index (χ4v) is 3.60. The van der Waals surface area contributed by atoms with Crippen molar-refractivity contribution in [3.05, 3.63) is 36.9 Å². The zero-order valence-electron chi connectivity index (χ0n) is 12.6. The van der Waals surface area contributed by atoms with Crippen LogP contribution < -0.4 is 9.80 Å². The quantitative estimate of drug-likeness (QED) is 0.842. The minimum atomic E-state index is 0.407. The maximum atomic E-state index is 4.39. The van der Waals surface area contributed by atoms with Crippen molar-refractivity contribution in [1.82, 2.24) is 19.9 Å². The van der Waals surface area contributed by atoms with Gasteiger partial charge >= 0.3 is 0 Å². The number of hydrogen-bond donors (Lipinski definition) is 0. The molecule has 2 aliphatic rings. The van der Waals surface area contributed by atoms with Gasteiger partial charge in [-0.2, -0.15) is 0 Å². The van der Waals surface area contributed by atoms with Gasteiger partial charge < -0.3 is 9.80 Å². The molecule has 2 aromatic heterocycles. The highest BCUT2D eigenvalue weighted by atomic mass is 15.3. The predicted molar refractivity (Wildman–Crippen MR) is 84.8 cm³/mol. The van der Waals surface area contributed by atoms with Crippen molar-refractivity contribution in [3.63, 3.8) is 0 Å². The van der Waals surface area contributed by atoms with Gasteiger partial charge in [0.1, 0.15) is 0 Å². The Morgan fingerprint density at radius 2 is 1.14 bits per heavy atom. The van der Waals surface area contributed by atoms with E-state index in [1.165, 1.54) is 19.3 Å². The van der Waals surface area contributed by atoms with E-state index >= 15 is 0 Å². The molecule has 0 atom stereocenters. The van der Waals surface area contributed by atoms with E-state index in [0.29, 0.717) is 5.41 Å². The Hall–Kier alpha value is -2.24. The van der Waals surface area contributed by atoms with E-state index in [1.807, 2.05) is 36.9 Å². The number of nitrogens with zero attached hydrogens (tertiary/aromatic N) is 6. The Morgan fingerprint density at radius 1 is 0.682 bits per heavy atom. The third kappa shape index (κ3) is 2.49. The second-order valence-electron chi connectivity index (χ2n) is 6.26. The lowest BCUT2D eigenvalue weighted by molar-refractivity contribution is 0.249. The summed E-state index contributed by atoms with van der Waals surface area (Å²) < 4.78 is 0. The molecule has 6 heteroatoms. The van der Waals surface area contributed by atoms with Gasteiger partial charge in [-0.25, -0.2) is 19.9 Å². The Balaban J connectivity index is 1.41. The molecule has 114 valence electrons. The lowest BCUT2D eigenvalue weighted by atomic mass is 9.78. The van der Waals surface area contributed by atoms with Crippen LogP contribution in [0.1, 0.15) is 19.3 Å². The van der Waals surface area contributed by atoms with Gasteiger partial charge in [0.25, 0.3) is 0 Å². The van der Waals surface area contributed by atoms with Crippen molar-refractivity contribution in [2.75, 3.05) is 36.0 Å². The van der Waals surface area contributed by atoms with Crippen LogP contribution in [-0.4, -0.2) is 46.1 Å². The van der Waals surface area contributed by atoms with Gasteiger partial charge in [0.15, 0.2) is 0 Å². The van der Waals surface area contributed by atoms with Crippen LogP contribution in [0.2, 0.25) is 0 Å². The largest absolute Gasteiger partial charge is 0.341 e. The summed E-state index contributed by atoms with van der Waals surface area (Å²) in [6.07, 6.45) is 10.9. The highest BCUT2D eigenvalue weighted by Gasteiger charge is 2.41. The van der Waals surface area contributed by atoms with Crippen LogP contribution in [0.4, 0.5) is 11.9 Å². The van der Waals surface area contributed by atoms with Crippen molar-refractivity contribution in [3.8, 4) is 0 Å². The Labute approximate surface area is 130 Å². The average molecular weight is 296 g/mol. The van der Waals surface area contributed by atoms with Crippen molar-refractivity contribution in [2.24, 2.45) is 5.41 Å². The maximum absolute atomic E-state index is 4.39. The molecule has 2 aromatic rings. The first kappa shape index (κ1) is 13.4. The zero-order valence-corrected chi connectivity index (χ0v) is 12.6. The minimum Gasteiger partial charge on any atom is -0.341 e. The molecule has 22 heavy (non-hydrogen) atoms. The Kier molecular flexibility index (Phi) is 3.36. The second kappa shape index (κ2) is 5.51. The van der Waals surface area contributed by atoms with Gasteiger partial charge in [0, 0.05) is 51.0 Å². The first-order valence-electron chi connectivity index (χ1n) is 7.89. The van der Waals surface area contributed by atoms with E-state index in [2.05, 4.69) is 29.7 Å². The lowest BCUT2D eigenvalue weighted by Gasteiger charge is -2.39. The number of piperidine rings is 1. The summed E-state index contributed by atoms with van der Waals surface area (Å²) in [4.78, 5) is 22.1. The normalized spacial score (nSPS) is 20.5. The molecule has 2 aliphatic heterocycles. The molecular formula is C16H20N6. The molecule has 0 aliphatic carbocycles. The molecule has 6 nitrogen and oxygen atoms in total. The second-order valence-corrected chi connectivity index (χ2v) is 6.26. The summed E-state index contributed by atoms with van der Waals surface area (Å²) in [6, 6.07) is 3.73. The molecule has 0 amide bonds. The molecule has 0 unspecified atom stereocenters. The summed E-state index contributed by atoms with van der Waals surface area (Å²) in [5, 5.41) is 0. The van der Waals surface area contributed by atoms with Crippen molar-refractivity contribution in [2.45, 2.75) is 19.3 Å². The Morgan fingerprint density at radius 3 is 1.68 bits per heavy atom. The first-order chi connectivity index (χ1) is 10.8. The number of anilines is 2. The van der Waals surface area contributed by atoms with Gasteiger partial charge in [-0.15, -0.1) is 0 Å². The zero-order chi connectivity index (χ0) is 14.8. The van der Waals surface area contributed by atoms with E-state index in [0.717, 1.165) is 38.1 Å². The molecule has 1 spiro atoms. The first-order valence-corrected chi connectivity index (χ1v) is 7.89. The van der Waals surface area contributed by atoms with E-state index in [9.17, 15) is 0 Å². The van der Waals surface area contributed by atoms with E-state index in [4.69, 9.17) is 0 Å². The molecule has 0 bridgehead atoms. The molecule has 4 heterocycles. The summed E-state index contributed by atoms with van der Waals surface area (Å²) >= 11 is 0. The van der Waals surface area contributed by atoms with E-state index in [1.54, 1.807) is 0 Å². The number of hydrogen-bond acceptors (Lipinski definition) is 6. The number of rotatable bonds is 2. The molecule has 0 saturated carbocycles. The van der Waals surface area contributed by atoms with Gasteiger partial charge in [-0.05, 0) is 36.8 Å². The van der Waals surface area contributed by atoms with Crippen LogP contribution in [0.25, 0.3) is 0 Å². The SMILES string of the molecule is c1cnc(N2CCC3(CC2)CCN(c2ncccn2)C3)nc1. The van der Waals surface area contributed by atoms with E-state index in [-0.39, 0.29) is 0 Å². The fraction of sp³-hybridized carbons (Fsp3) is 0.500. The molecule has 0 radical (unpaired) electrons. The van der Waals surface area contributed by atoms with Crippen LogP contribution in [0.5, 0.6) is 0 Å². The van der Waals surface area contributed by atoms with E-state index < -0.39 is 0 Å². The van der Waals surface area contributed by atoms with Crippen molar-refractivity contribution in [1.29, 1.82) is 0 Å². The standard InChI is InChI=1S/C16H20N6/c1-6-17-14(18-7-1)21-10-3-16(4-11-21)5-12-22(13-16)15-19-8-2-9-20-15/h1-2,6-9H,3-5,10-13H2. The predicted octanol–water partition coefficient (Wildman–Crippen LogP) is 1.76. The summed E-state index contributed by atoms with van der Waals surface area (Å²) in [6.45, 7) is 4.20. The Bertz CT molecular complexity index is 609. The summed E-state index contributed by atoms with van der Waals surface area (Å²) in [5.74, 6) is 1.73. The summed E-state index contributed by atoms with van der Waals surface area (Å²) in [5.41, 5.74) is 0.407. The summed E-state index contributed by atoms with van der Waals surface area (Å²) in [7, 11) is 0. The van der Waals surface area contributed by atoms with Crippen molar-refractivity contribution >= 4 is 11.9 Å². The fourth-order valence-electron chi connectivity index (χ4n) is 3.60. The van der Waals surface area contributed by atoms with Gasteiger partial charge in [0.2, 0.25) is 11.9 Å². The molecule has 2 fully saturated rings. The lowest BCUT2D eigenvalue weighted by Crippen LogP contribution is -2.42. The average Bonchev–Trinajstić information content (AvgIpc) is 3.01. The highest BCUT2D eigenvalue weighted by molar-refractivity contribution is 5.34. The highest BCUT2D eigenvalue weighted by Crippen LogP contribution is 2.41. The van der Waals surface area contributed by atoms with Crippen LogP contribution in [0, 0.1) is 5.41 Å². The molecule has 0 N–H and O–H groups in total. The smallest absolute Gasteiger partial charge is 0.225 e. The minimum absolute atomic E-state index is 0.407. The van der Waals surface area contributed by atoms with Gasteiger partial charge in [0.05, 0.1) is 0 Å². The third-order valence-electron chi connectivity index (χ3n) is 4.93. The maximum Gasteiger partial charge on any atom is 0.225 e. The molecule has 2 saturated heterocycles. The van der Waals surface area contributed by atoms with Crippen molar-refractivity contribution < 1.29 is 0 Å². The monoisotopic (exact) mass is 296 g/mol. The topological polar surface area (TPSA) is 58.0 Å². The van der Waals surface area contributed by atoms with Crippen LogP contribution in [0.3, 0.4) is 0 Å². The third-order valence-corrected chi connectivity index (χ3v) is 4.93. The molecule has 0 aromatic carbocycles. The number of aromatic nitrogens is 4. The molecule has 4 rings (SSSR count). The van der Waals surface area contributed by atoms with Crippen LogP contribution in [-0.2, 0) is 0 Å². The van der Waals surface area contributed by atoms with Gasteiger partial charge in [-0.3, -0.25) is 0 Å². The van der Waals surface area contributed by atoms with Crippen LogP contribution >= 0.6 is 0 Å².